The normalized spacial score (nSPS) is 17.5. The van der Waals surface area contributed by atoms with Gasteiger partial charge in [-0.05, 0) is 28.2 Å². The number of hydrogen-bond acceptors (Lipinski definition) is 2. The van der Waals surface area contributed by atoms with E-state index < -0.39 is 10.1 Å². The Hall–Kier alpha value is -1.00. The molecule has 0 atom stereocenters. The fourth-order valence-electron chi connectivity index (χ4n) is 1.85. The molecule has 0 saturated heterocycles. The van der Waals surface area contributed by atoms with Gasteiger partial charge in [-0.2, -0.15) is 0 Å². The van der Waals surface area contributed by atoms with Gasteiger partial charge < -0.3 is 0 Å². The highest BCUT2D eigenvalue weighted by atomic mass is 32.3. The van der Waals surface area contributed by atoms with Crippen LogP contribution in [0.1, 0.15) is 16.7 Å². The van der Waals surface area contributed by atoms with E-state index in [9.17, 15) is 9.00 Å². The molecular formula is C11H15NO2S. The first kappa shape index (κ1) is 10.5. The summed E-state index contributed by atoms with van der Waals surface area (Å²) in [5.74, 6) is 0. The fourth-order valence-corrected chi connectivity index (χ4v) is 2.85. The lowest BCUT2D eigenvalue weighted by Gasteiger charge is -2.23. The van der Waals surface area contributed by atoms with Crippen molar-refractivity contribution in [3.8, 4) is 0 Å². The molecule has 0 amide bonds. The summed E-state index contributed by atoms with van der Waals surface area (Å²) in [6.07, 6.45) is 1.53. The van der Waals surface area contributed by atoms with Crippen LogP contribution in [-0.4, -0.2) is 20.4 Å². The second-order valence-corrected chi connectivity index (χ2v) is 6.81. The molecule has 0 aliphatic carbocycles. The predicted octanol–water partition coefficient (Wildman–Crippen LogP) is 1.06. The minimum Gasteiger partial charge on any atom is -0.289 e. The van der Waals surface area contributed by atoms with Crippen LogP contribution in [0.5, 0.6) is 0 Å². The summed E-state index contributed by atoms with van der Waals surface area (Å²) >= 11 is 0. The molecule has 0 radical (unpaired) electrons. The third-order valence-corrected chi connectivity index (χ3v) is 4.62. The molecular weight excluding hydrogens is 210 g/mol. The number of rotatable bonds is 2. The van der Waals surface area contributed by atoms with E-state index in [4.69, 9.17) is 0 Å². The molecule has 0 saturated carbocycles. The maximum Gasteiger partial charge on any atom is 0.194 e. The Balaban J connectivity index is 2.30. The molecule has 1 aromatic rings. The summed E-state index contributed by atoms with van der Waals surface area (Å²) in [7, 11) is -2.77. The maximum absolute atomic E-state index is 11.9. The van der Waals surface area contributed by atoms with E-state index in [1.165, 1.54) is 22.9 Å². The lowest BCUT2D eigenvalue weighted by molar-refractivity contribution is 0.467. The Kier molecular flexibility index (Phi) is 2.48. The second kappa shape index (κ2) is 3.54. The maximum atomic E-state index is 11.9. The highest BCUT2D eigenvalue weighted by molar-refractivity contribution is 8.12. The van der Waals surface area contributed by atoms with Gasteiger partial charge in [0.25, 0.3) is 0 Å². The van der Waals surface area contributed by atoms with E-state index in [1.54, 1.807) is 4.31 Å². The Labute approximate surface area is 90.6 Å². The molecule has 1 aliphatic heterocycles. The van der Waals surface area contributed by atoms with Crippen molar-refractivity contribution in [1.82, 2.24) is 4.31 Å². The van der Waals surface area contributed by atoms with E-state index in [1.807, 2.05) is 13.0 Å². The number of aryl methyl sites for hydroxylation is 1. The van der Waals surface area contributed by atoms with E-state index in [2.05, 4.69) is 12.1 Å². The van der Waals surface area contributed by atoms with Gasteiger partial charge >= 0.3 is 0 Å². The van der Waals surface area contributed by atoms with Crippen LogP contribution >= 0.6 is 0 Å². The molecule has 0 aromatic heterocycles. The largest absolute Gasteiger partial charge is 0.289 e. The summed E-state index contributed by atoms with van der Waals surface area (Å²) < 4.78 is 13.7. The van der Waals surface area contributed by atoms with Crippen molar-refractivity contribution < 1.29 is 9.00 Å². The zero-order chi connectivity index (χ0) is 11.1. The second-order valence-electron chi connectivity index (χ2n) is 4.14. The van der Waals surface area contributed by atoms with Crippen LogP contribution < -0.4 is 0 Å². The molecule has 2 rings (SSSR count). The van der Waals surface area contributed by atoms with E-state index in [0.29, 0.717) is 18.7 Å². The van der Waals surface area contributed by atoms with Crippen LogP contribution in [0.25, 0.3) is 0 Å². The number of thiol groups is 1. The molecule has 15 heavy (non-hydrogen) atoms. The molecule has 1 aliphatic rings. The van der Waals surface area contributed by atoms with Gasteiger partial charge in [0.05, 0.1) is 0 Å². The molecule has 3 nitrogen and oxygen atoms in total. The monoisotopic (exact) mass is 225 g/mol. The van der Waals surface area contributed by atoms with E-state index in [-0.39, 0.29) is 0 Å². The van der Waals surface area contributed by atoms with Crippen molar-refractivity contribution in [2.24, 2.45) is 0 Å². The Bertz CT molecular complexity index is 456. The number of hydrogen-bond donors (Lipinski definition) is 1. The first-order chi connectivity index (χ1) is 7.03. The number of carbonyl (C=O) groups is 1. The minimum atomic E-state index is -2.77. The van der Waals surface area contributed by atoms with Gasteiger partial charge in [0.1, 0.15) is 0 Å². The molecule has 4 heteroatoms. The van der Waals surface area contributed by atoms with Crippen molar-refractivity contribution in [3.63, 3.8) is 0 Å². The van der Waals surface area contributed by atoms with Crippen LogP contribution in [0.15, 0.2) is 18.2 Å². The van der Waals surface area contributed by atoms with Gasteiger partial charge in [-0.25, -0.2) is 4.31 Å². The topological polar surface area (TPSA) is 37.4 Å². The third-order valence-electron chi connectivity index (χ3n) is 2.82. The van der Waals surface area contributed by atoms with Crippen LogP contribution in [0.3, 0.4) is 0 Å². The van der Waals surface area contributed by atoms with Gasteiger partial charge in [-0.3, -0.25) is 9.00 Å². The van der Waals surface area contributed by atoms with Gasteiger partial charge in [0.2, 0.25) is 0 Å². The van der Waals surface area contributed by atoms with Crippen LogP contribution in [0.4, 0.5) is 0 Å². The smallest absolute Gasteiger partial charge is 0.194 e. The van der Waals surface area contributed by atoms with Gasteiger partial charge in [0, 0.05) is 19.3 Å². The van der Waals surface area contributed by atoms with Crippen LogP contribution in [-0.2, 0) is 28.0 Å². The van der Waals surface area contributed by atoms with Crippen LogP contribution in [0, 0.1) is 6.92 Å². The number of nitrogens with zero attached hydrogens (tertiary/aromatic N) is 1. The highest BCUT2D eigenvalue weighted by Crippen LogP contribution is 2.27. The lowest BCUT2D eigenvalue weighted by Crippen LogP contribution is -2.32. The van der Waals surface area contributed by atoms with Crippen molar-refractivity contribution in [2.45, 2.75) is 20.0 Å². The first-order valence-corrected chi connectivity index (χ1v) is 7.08. The summed E-state index contributed by atoms with van der Waals surface area (Å²) in [4.78, 5) is 10.7. The minimum absolute atomic E-state index is 0.589. The number of fused-ring (bicyclic) bond motifs is 1. The van der Waals surface area contributed by atoms with Crippen molar-refractivity contribution in [3.05, 3.63) is 34.9 Å². The molecule has 0 bridgehead atoms. The van der Waals surface area contributed by atoms with Gasteiger partial charge in [-0.15, -0.1) is 0 Å². The molecule has 0 unspecified atom stereocenters. The summed E-state index contributed by atoms with van der Waals surface area (Å²) in [5, 5.41) is 0. The van der Waals surface area contributed by atoms with Crippen molar-refractivity contribution in [1.29, 1.82) is 0 Å². The van der Waals surface area contributed by atoms with Crippen LogP contribution in [0.2, 0.25) is 0 Å². The molecule has 1 heterocycles. The van der Waals surface area contributed by atoms with Crippen molar-refractivity contribution >= 4 is 15.7 Å². The van der Waals surface area contributed by atoms with Crippen molar-refractivity contribution in [2.75, 3.05) is 6.26 Å². The average Bonchev–Trinajstić information content (AvgIpc) is 2.61. The molecule has 82 valence electrons. The zero-order valence-corrected chi connectivity index (χ0v) is 9.83. The first-order valence-electron chi connectivity index (χ1n) is 4.90. The molecule has 0 fully saturated rings. The summed E-state index contributed by atoms with van der Waals surface area (Å²) in [6.45, 7) is 3.29. The van der Waals surface area contributed by atoms with Gasteiger partial charge in [-0.1, -0.05) is 23.8 Å². The average molecular weight is 225 g/mol. The Morgan fingerprint density at radius 2 is 2.00 bits per heavy atom. The molecule has 0 N–H and O–H groups in total. The SMILES string of the molecule is Cc1ccc2c(c1)CN([SH](C)(=O)C=O)C2. The predicted molar refractivity (Wildman–Crippen MR) is 62.6 cm³/mol. The summed E-state index contributed by atoms with van der Waals surface area (Å²) in [5.41, 5.74) is 4.17. The third kappa shape index (κ3) is 1.87. The zero-order valence-electron chi connectivity index (χ0n) is 8.93. The number of carbonyl (C=O) groups excluding carboxylic acids is 1. The molecule has 0 spiro atoms. The van der Waals surface area contributed by atoms with Gasteiger partial charge in [0.15, 0.2) is 5.62 Å². The van der Waals surface area contributed by atoms with E-state index >= 15 is 0 Å². The quantitative estimate of drug-likeness (QED) is 0.603. The Morgan fingerprint density at radius 3 is 2.67 bits per heavy atom. The summed E-state index contributed by atoms with van der Waals surface area (Å²) in [6, 6.07) is 6.19. The lowest BCUT2D eigenvalue weighted by atomic mass is 10.1. The number of benzene rings is 1. The highest BCUT2D eigenvalue weighted by Gasteiger charge is 2.26. The molecule has 1 aromatic carbocycles. The Morgan fingerprint density at radius 1 is 1.33 bits per heavy atom. The van der Waals surface area contributed by atoms with E-state index in [0.717, 1.165) is 0 Å². The fraction of sp³-hybridized carbons (Fsp3) is 0.364. The standard InChI is InChI=1S/C11H15NO2S/c1-9-3-4-10-6-12(7-11(10)5-9)15(2,14)8-13/h3-5,8,15H,6-7H2,1-2H3.